The smallest absolute Gasteiger partial charge is 0.227 e. The average Bonchev–Trinajstić information content (AvgIpc) is 3.54. The number of benzene rings is 2. The number of aryl methyl sites for hydroxylation is 4. The van der Waals surface area contributed by atoms with Gasteiger partial charge in [0, 0.05) is 29.9 Å². The summed E-state index contributed by atoms with van der Waals surface area (Å²) in [7, 11) is 0. The van der Waals surface area contributed by atoms with Crippen molar-refractivity contribution in [2.45, 2.75) is 26.7 Å². The molecule has 8 nitrogen and oxygen atoms in total. The Morgan fingerprint density at radius 3 is 2.58 bits per heavy atom. The third-order valence-corrected chi connectivity index (χ3v) is 5.69. The van der Waals surface area contributed by atoms with Gasteiger partial charge in [-0.3, -0.25) is 4.57 Å². The van der Waals surface area contributed by atoms with Crippen LogP contribution >= 0.6 is 0 Å². The summed E-state index contributed by atoms with van der Waals surface area (Å²) in [4.78, 5) is 14.1. The van der Waals surface area contributed by atoms with Crippen LogP contribution in [-0.4, -0.2) is 34.3 Å². The summed E-state index contributed by atoms with van der Waals surface area (Å²) in [5.41, 5.74) is 6.53. The van der Waals surface area contributed by atoms with Crippen molar-refractivity contribution in [1.82, 2.24) is 34.3 Å². The quantitative estimate of drug-likeness (QED) is 0.396. The predicted octanol–water partition coefficient (Wildman–Crippen LogP) is 4.52. The van der Waals surface area contributed by atoms with Crippen molar-refractivity contribution in [2.24, 2.45) is 0 Å². The molecule has 0 amide bonds. The van der Waals surface area contributed by atoms with Crippen LogP contribution in [0.15, 0.2) is 71.4 Å². The fraction of sp³-hybridized carbons (Fsp3) is 0.160. The highest BCUT2D eigenvalue weighted by molar-refractivity contribution is 5.78. The van der Waals surface area contributed by atoms with E-state index in [9.17, 15) is 0 Å². The van der Waals surface area contributed by atoms with Gasteiger partial charge in [0.2, 0.25) is 11.7 Å². The molecule has 6 aromatic rings. The van der Waals surface area contributed by atoms with Crippen LogP contribution in [0, 0.1) is 13.8 Å². The summed E-state index contributed by atoms with van der Waals surface area (Å²) in [5, 5.41) is 8.62. The second-order valence-corrected chi connectivity index (χ2v) is 8.03. The van der Waals surface area contributed by atoms with Gasteiger partial charge in [-0.1, -0.05) is 35.5 Å². The minimum atomic E-state index is 0.495. The molecule has 0 spiro atoms. The first-order chi connectivity index (χ1) is 16.2. The first kappa shape index (κ1) is 19.4. The van der Waals surface area contributed by atoms with E-state index in [1.165, 1.54) is 0 Å². The van der Waals surface area contributed by atoms with Gasteiger partial charge < -0.3 is 4.52 Å². The van der Waals surface area contributed by atoms with Crippen molar-refractivity contribution >= 4 is 16.7 Å². The SMILES string of the molecule is Cc1cc(C)n2ncc(-c3noc(CCc4nc5ccccc5n4-c4ccccc4)n3)c2n1. The third-order valence-electron chi connectivity index (χ3n) is 5.69. The van der Waals surface area contributed by atoms with Crippen LogP contribution in [0.2, 0.25) is 0 Å². The van der Waals surface area contributed by atoms with Crippen LogP contribution in [0.4, 0.5) is 0 Å². The number of nitrogens with zero attached hydrogens (tertiary/aromatic N) is 7. The molecule has 0 atom stereocenters. The fourth-order valence-corrected chi connectivity index (χ4v) is 4.22. The molecule has 0 fully saturated rings. The molecule has 0 saturated heterocycles. The van der Waals surface area contributed by atoms with Crippen LogP contribution in [0.1, 0.15) is 23.1 Å². The summed E-state index contributed by atoms with van der Waals surface area (Å²) < 4.78 is 9.56. The molecule has 0 radical (unpaired) electrons. The molecule has 0 aliphatic heterocycles. The van der Waals surface area contributed by atoms with E-state index in [4.69, 9.17) is 9.51 Å². The Bertz CT molecular complexity index is 1590. The van der Waals surface area contributed by atoms with Gasteiger partial charge >= 0.3 is 0 Å². The number of aromatic nitrogens is 7. The zero-order valence-electron chi connectivity index (χ0n) is 18.3. The molecule has 0 aliphatic carbocycles. The van der Waals surface area contributed by atoms with Gasteiger partial charge in [0.15, 0.2) is 5.65 Å². The Balaban J connectivity index is 1.32. The molecule has 4 heterocycles. The largest absolute Gasteiger partial charge is 0.339 e. The van der Waals surface area contributed by atoms with E-state index in [1.807, 2.05) is 56.3 Å². The number of fused-ring (bicyclic) bond motifs is 2. The molecule has 0 aliphatic rings. The zero-order valence-corrected chi connectivity index (χ0v) is 18.3. The number of para-hydroxylation sites is 3. The topological polar surface area (TPSA) is 86.9 Å². The molecule has 8 heteroatoms. The van der Waals surface area contributed by atoms with E-state index in [1.54, 1.807) is 10.7 Å². The van der Waals surface area contributed by atoms with Crippen molar-refractivity contribution in [1.29, 1.82) is 0 Å². The fourth-order valence-electron chi connectivity index (χ4n) is 4.22. The monoisotopic (exact) mass is 435 g/mol. The highest BCUT2D eigenvalue weighted by atomic mass is 16.5. The molecule has 0 unspecified atom stereocenters. The minimum absolute atomic E-state index is 0.495. The molecule has 162 valence electrons. The number of imidazole rings is 1. The summed E-state index contributed by atoms with van der Waals surface area (Å²) in [6.07, 6.45) is 2.97. The van der Waals surface area contributed by atoms with E-state index < -0.39 is 0 Å². The highest BCUT2D eigenvalue weighted by Gasteiger charge is 2.18. The van der Waals surface area contributed by atoms with Gasteiger partial charge in [-0.15, -0.1) is 0 Å². The van der Waals surface area contributed by atoms with Crippen molar-refractivity contribution in [2.75, 3.05) is 0 Å². The van der Waals surface area contributed by atoms with Gasteiger partial charge in [0.05, 0.1) is 22.8 Å². The van der Waals surface area contributed by atoms with E-state index in [2.05, 4.69) is 43.0 Å². The molecular formula is C25H21N7O. The lowest BCUT2D eigenvalue weighted by Gasteiger charge is -2.08. The summed E-state index contributed by atoms with van der Waals surface area (Å²) >= 11 is 0. The summed E-state index contributed by atoms with van der Waals surface area (Å²) in [6, 6.07) is 20.4. The summed E-state index contributed by atoms with van der Waals surface area (Å²) in [5.74, 6) is 2.00. The van der Waals surface area contributed by atoms with E-state index in [0.29, 0.717) is 24.6 Å². The average molecular weight is 435 g/mol. The highest BCUT2D eigenvalue weighted by Crippen LogP contribution is 2.24. The number of hydrogen-bond acceptors (Lipinski definition) is 6. The summed E-state index contributed by atoms with van der Waals surface area (Å²) in [6.45, 7) is 3.96. The van der Waals surface area contributed by atoms with Crippen LogP contribution < -0.4 is 0 Å². The van der Waals surface area contributed by atoms with Crippen LogP contribution in [0.5, 0.6) is 0 Å². The first-order valence-corrected chi connectivity index (χ1v) is 10.8. The van der Waals surface area contributed by atoms with Crippen molar-refractivity contribution < 1.29 is 4.52 Å². The zero-order chi connectivity index (χ0) is 22.4. The lowest BCUT2D eigenvalue weighted by molar-refractivity contribution is 0.378. The van der Waals surface area contributed by atoms with Crippen molar-refractivity contribution in [3.05, 3.63) is 90.0 Å². The van der Waals surface area contributed by atoms with E-state index >= 15 is 0 Å². The maximum atomic E-state index is 5.58. The lowest BCUT2D eigenvalue weighted by atomic mass is 10.2. The van der Waals surface area contributed by atoms with E-state index in [-0.39, 0.29) is 0 Å². The normalized spacial score (nSPS) is 11.6. The first-order valence-electron chi connectivity index (χ1n) is 10.8. The molecule has 0 bridgehead atoms. The Kier molecular flexibility index (Phi) is 4.50. The molecule has 2 aromatic carbocycles. The van der Waals surface area contributed by atoms with Crippen molar-refractivity contribution in [3.8, 4) is 17.1 Å². The van der Waals surface area contributed by atoms with Crippen LogP contribution in [0.3, 0.4) is 0 Å². The Hall–Kier alpha value is -4.33. The Morgan fingerprint density at radius 1 is 0.879 bits per heavy atom. The van der Waals surface area contributed by atoms with Crippen LogP contribution in [0.25, 0.3) is 33.8 Å². The second kappa shape index (κ2) is 7.67. The molecule has 0 N–H and O–H groups in total. The molecule has 33 heavy (non-hydrogen) atoms. The molecule has 0 saturated carbocycles. The molecule has 6 rings (SSSR count). The Labute approximate surface area is 189 Å². The lowest BCUT2D eigenvalue weighted by Crippen LogP contribution is -2.03. The number of hydrogen-bond donors (Lipinski definition) is 0. The second-order valence-electron chi connectivity index (χ2n) is 8.03. The van der Waals surface area contributed by atoms with Crippen LogP contribution in [-0.2, 0) is 12.8 Å². The maximum absolute atomic E-state index is 5.58. The predicted molar refractivity (Wildman–Crippen MR) is 124 cm³/mol. The third kappa shape index (κ3) is 3.36. The van der Waals surface area contributed by atoms with Gasteiger partial charge in [0.25, 0.3) is 0 Å². The standard InChI is InChI=1S/C25H21N7O/c1-16-14-17(2)32-25(27-16)19(15-26-32)24-29-23(33-30-24)13-12-22-28-20-10-6-7-11-21(20)31(22)18-8-4-3-5-9-18/h3-11,14-15H,12-13H2,1-2H3. The van der Waals surface area contributed by atoms with Gasteiger partial charge in [0.1, 0.15) is 5.82 Å². The molecular weight excluding hydrogens is 414 g/mol. The van der Waals surface area contributed by atoms with Gasteiger partial charge in [-0.2, -0.15) is 10.1 Å². The number of rotatable bonds is 5. The minimum Gasteiger partial charge on any atom is -0.339 e. The van der Waals surface area contributed by atoms with E-state index in [0.717, 1.165) is 45.1 Å². The van der Waals surface area contributed by atoms with Gasteiger partial charge in [-0.05, 0) is 44.2 Å². The molecule has 4 aromatic heterocycles. The Morgan fingerprint density at radius 2 is 1.70 bits per heavy atom. The van der Waals surface area contributed by atoms with Gasteiger partial charge in [-0.25, -0.2) is 14.5 Å². The van der Waals surface area contributed by atoms with Crippen molar-refractivity contribution in [3.63, 3.8) is 0 Å². The maximum Gasteiger partial charge on any atom is 0.227 e.